The zero-order valence-corrected chi connectivity index (χ0v) is 23.0. The van der Waals surface area contributed by atoms with Crippen molar-refractivity contribution in [3.8, 4) is 17.1 Å². The molecule has 0 aliphatic carbocycles. The molecule has 0 saturated carbocycles. The van der Waals surface area contributed by atoms with E-state index in [0.29, 0.717) is 28.4 Å². The molecule has 3 aromatic heterocycles. The first kappa shape index (κ1) is 27.3. The van der Waals surface area contributed by atoms with Gasteiger partial charge in [0.05, 0.1) is 29.8 Å². The fourth-order valence-corrected chi connectivity index (χ4v) is 4.71. The summed E-state index contributed by atoms with van der Waals surface area (Å²) in [5.74, 6) is -0.521. The molecule has 11 heteroatoms. The van der Waals surface area contributed by atoms with Crippen molar-refractivity contribution >= 4 is 35.0 Å². The summed E-state index contributed by atoms with van der Waals surface area (Å²) in [7, 11) is 0. The number of furan rings is 2. The number of benzene rings is 2. The maximum atomic E-state index is 12.9. The monoisotopic (exact) mass is 578 g/mol. The van der Waals surface area contributed by atoms with Gasteiger partial charge in [-0.15, -0.1) is 0 Å². The summed E-state index contributed by atoms with van der Waals surface area (Å²) in [5, 5.41) is 10.8. The molecular weight excluding hydrogens is 552 g/mol. The highest BCUT2D eigenvalue weighted by atomic mass is 16.5. The third-order valence-electron chi connectivity index (χ3n) is 6.66. The fraction of sp³-hybridized carbons (Fsp3) is 0.125. The zero-order chi connectivity index (χ0) is 29.8. The van der Waals surface area contributed by atoms with Crippen LogP contribution in [0, 0.1) is 0 Å². The van der Waals surface area contributed by atoms with Crippen molar-refractivity contribution in [2.24, 2.45) is 0 Å². The molecule has 0 unspecified atom stereocenters. The van der Waals surface area contributed by atoms with Crippen LogP contribution in [0.1, 0.15) is 24.3 Å². The number of amides is 2. The average Bonchev–Trinajstić information content (AvgIpc) is 3.79. The summed E-state index contributed by atoms with van der Waals surface area (Å²) in [4.78, 5) is 38.1. The molecule has 216 valence electrons. The highest BCUT2D eigenvalue weighted by molar-refractivity contribution is 5.95. The van der Waals surface area contributed by atoms with Gasteiger partial charge in [-0.3, -0.25) is 0 Å². The number of aromatic nitrogens is 2. The Bertz CT molecular complexity index is 1820. The first-order chi connectivity index (χ1) is 21.0. The number of hydrogen-bond donors (Lipinski definition) is 2. The van der Waals surface area contributed by atoms with E-state index >= 15 is 0 Å². The van der Waals surface area contributed by atoms with Crippen molar-refractivity contribution in [3.63, 3.8) is 0 Å². The van der Waals surface area contributed by atoms with Gasteiger partial charge in [0.15, 0.2) is 5.76 Å². The van der Waals surface area contributed by atoms with Crippen LogP contribution in [-0.4, -0.2) is 41.0 Å². The van der Waals surface area contributed by atoms with Gasteiger partial charge in [0.25, 0.3) is 0 Å². The SMILES string of the molecule is CCOC(=O)C1=C(COC(=O)/C=C/c2cn(-c3ccccc3)nc2-c2cc3ccccc3o2)NC(=O)N[C@H]1c1ccco1. The summed E-state index contributed by atoms with van der Waals surface area (Å²) in [6.45, 7) is 1.39. The van der Waals surface area contributed by atoms with Crippen molar-refractivity contribution in [1.29, 1.82) is 0 Å². The van der Waals surface area contributed by atoms with Gasteiger partial charge >= 0.3 is 18.0 Å². The van der Waals surface area contributed by atoms with Gasteiger partial charge in [-0.1, -0.05) is 36.4 Å². The zero-order valence-electron chi connectivity index (χ0n) is 23.0. The number of rotatable bonds is 9. The standard InChI is InChI=1S/C32H26N4O7/c1-2-40-31(38)28-23(33-32(39)34-30(28)25-13-8-16-41-25)19-42-27(37)15-14-21-18-36(22-10-4-3-5-11-22)35-29(21)26-17-20-9-6-7-12-24(20)43-26/h3-18,30H,2,19H2,1H3,(H2,33,34,39)/b15-14+/t30-/m0/s1. The highest BCUT2D eigenvalue weighted by Crippen LogP contribution is 2.31. The van der Waals surface area contributed by atoms with E-state index in [9.17, 15) is 14.4 Å². The lowest BCUT2D eigenvalue weighted by Gasteiger charge is -2.27. The number of esters is 2. The van der Waals surface area contributed by atoms with E-state index in [4.69, 9.17) is 23.4 Å². The van der Waals surface area contributed by atoms with Crippen molar-refractivity contribution < 1.29 is 32.7 Å². The number of carbonyl (C=O) groups is 3. The van der Waals surface area contributed by atoms with E-state index in [1.165, 1.54) is 12.3 Å². The summed E-state index contributed by atoms with van der Waals surface area (Å²) in [6, 6.07) is 20.8. The molecule has 6 rings (SSSR count). The first-order valence-electron chi connectivity index (χ1n) is 13.5. The normalized spacial score (nSPS) is 15.0. The van der Waals surface area contributed by atoms with Gasteiger partial charge in [-0.2, -0.15) is 5.10 Å². The molecule has 4 heterocycles. The molecule has 2 aromatic carbocycles. The Morgan fingerprint density at radius 3 is 2.63 bits per heavy atom. The van der Waals surface area contributed by atoms with Crippen molar-refractivity contribution in [1.82, 2.24) is 20.4 Å². The molecule has 0 fully saturated rings. The van der Waals surface area contributed by atoms with Crippen LogP contribution in [0.3, 0.4) is 0 Å². The van der Waals surface area contributed by atoms with Crippen LogP contribution in [0.25, 0.3) is 34.2 Å². The molecule has 0 radical (unpaired) electrons. The van der Waals surface area contributed by atoms with Crippen LogP contribution in [0.5, 0.6) is 0 Å². The van der Waals surface area contributed by atoms with Gasteiger partial charge in [0, 0.05) is 23.2 Å². The third kappa shape index (κ3) is 5.82. The number of hydrogen-bond acceptors (Lipinski definition) is 8. The molecule has 1 atom stereocenters. The fourth-order valence-electron chi connectivity index (χ4n) is 4.71. The molecule has 1 aliphatic rings. The molecule has 0 saturated heterocycles. The molecule has 0 bridgehead atoms. The Balaban J connectivity index is 1.27. The van der Waals surface area contributed by atoms with Crippen LogP contribution in [0.2, 0.25) is 0 Å². The molecular formula is C32H26N4O7. The molecule has 2 N–H and O–H groups in total. The highest BCUT2D eigenvalue weighted by Gasteiger charge is 2.35. The van der Waals surface area contributed by atoms with Crippen LogP contribution in [-0.2, 0) is 19.1 Å². The lowest BCUT2D eigenvalue weighted by atomic mass is 10.0. The largest absolute Gasteiger partial charge is 0.467 e. The second-order valence-electron chi connectivity index (χ2n) is 9.46. The first-order valence-corrected chi connectivity index (χ1v) is 13.5. The lowest BCUT2D eigenvalue weighted by Crippen LogP contribution is -2.47. The van der Waals surface area contributed by atoms with Gasteiger partial charge in [0.1, 0.15) is 29.7 Å². The van der Waals surface area contributed by atoms with Crippen LogP contribution >= 0.6 is 0 Å². The number of fused-ring (bicyclic) bond motifs is 1. The number of urea groups is 1. The minimum atomic E-state index is -0.915. The molecule has 2 amide bonds. The van der Waals surface area contributed by atoms with E-state index in [2.05, 4.69) is 10.6 Å². The summed E-state index contributed by atoms with van der Waals surface area (Å²) < 4.78 is 23.8. The second kappa shape index (κ2) is 12.0. The molecule has 11 nitrogen and oxygen atoms in total. The van der Waals surface area contributed by atoms with Crippen LogP contribution in [0.4, 0.5) is 4.79 Å². The number of para-hydroxylation sites is 2. The minimum absolute atomic E-state index is 0.0736. The Kier molecular flexibility index (Phi) is 7.60. The lowest BCUT2D eigenvalue weighted by molar-refractivity contribution is -0.140. The number of nitrogens with one attached hydrogen (secondary N) is 2. The van der Waals surface area contributed by atoms with E-state index in [-0.39, 0.29) is 24.5 Å². The quantitative estimate of drug-likeness (QED) is 0.177. The van der Waals surface area contributed by atoms with Crippen molar-refractivity contribution in [2.75, 3.05) is 13.2 Å². The van der Waals surface area contributed by atoms with Gasteiger partial charge < -0.3 is 28.9 Å². The Labute approximate surface area is 245 Å². The molecule has 43 heavy (non-hydrogen) atoms. The van der Waals surface area contributed by atoms with Crippen molar-refractivity contribution in [3.05, 3.63) is 114 Å². The predicted octanol–water partition coefficient (Wildman–Crippen LogP) is 5.31. The van der Waals surface area contributed by atoms with Crippen LogP contribution < -0.4 is 10.6 Å². The van der Waals surface area contributed by atoms with E-state index in [1.54, 1.807) is 36.0 Å². The van der Waals surface area contributed by atoms with E-state index in [1.807, 2.05) is 60.7 Å². The van der Waals surface area contributed by atoms with Gasteiger partial charge in [-0.05, 0) is 49.4 Å². The Morgan fingerprint density at radius 2 is 1.86 bits per heavy atom. The third-order valence-corrected chi connectivity index (χ3v) is 6.66. The molecule has 0 spiro atoms. The van der Waals surface area contributed by atoms with Crippen molar-refractivity contribution in [2.45, 2.75) is 13.0 Å². The number of ether oxygens (including phenoxy) is 2. The number of carbonyl (C=O) groups excluding carboxylic acids is 3. The Hall–Kier alpha value is -5.84. The Morgan fingerprint density at radius 1 is 1.05 bits per heavy atom. The number of nitrogens with zero attached hydrogens (tertiary/aromatic N) is 2. The maximum absolute atomic E-state index is 12.9. The predicted molar refractivity (Wildman–Crippen MR) is 156 cm³/mol. The molecule has 1 aliphatic heterocycles. The average molecular weight is 579 g/mol. The van der Waals surface area contributed by atoms with E-state index < -0.39 is 24.0 Å². The molecule has 5 aromatic rings. The summed E-state index contributed by atoms with van der Waals surface area (Å²) >= 11 is 0. The second-order valence-corrected chi connectivity index (χ2v) is 9.46. The van der Waals surface area contributed by atoms with E-state index in [0.717, 1.165) is 11.1 Å². The minimum Gasteiger partial charge on any atom is -0.467 e. The maximum Gasteiger partial charge on any atom is 0.338 e. The topological polar surface area (TPSA) is 138 Å². The van der Waals surface area contributed by atoms with Gasteiger partial charge in [0.2, 0.25) is 0 Å². The summed E-state index contributed by atoms with van der Waals surface area (Å²) in [6.07, 6.45) is 6.03. The van der Waals surface area contributed by atoms with Crippen LogP contribution in [0.15, 0.2) is 111 Å². The summed E-state index contributed by atoms with van der Waals surface area (Å²) in [5.41, 5.74) is 2.84. The van der Waals surface area contributed by atoms with Gasteiger partial charge in [-0.25, -0.2) is 19.1 Å². The smallest absolute Gasteiger partial charge is 0.338 e.